The minimum atomic E-state index is -0.102. The fraction of sp³-hybridized carbons (Fsp3) is 0.636. The maximum Gasteiger partial charge on any atom is 0.256 e. The summed E-state index contributed by atoms with van der Waals surface area (Å²) in [4.78, 5) is 18.8. The molecule has 0 aliphatic rings. The molecule has 0 amide bonds. The summed E-state index contributed by atoms with van der Waals surface area (Å²) in [6.45, 7) is 6.00. The lowest BCUT2D eigenvalue weighted by Gasteiger charge is -2.08. The first-order valence-corrected chi connectivity index (χ1v) is 6.68. The fourth-order valence-corrected chi connectivity index (χ4v) is 2.25. The zero-order valence-corrected chi connectivity index (χ0v) is 10.9. The van der Waals surface area contributed by atoms with Crippen LogP contribution in [0.4, 0.5) is 5.82 Å². The largest absolute Gasteiger partial charge is 0.383 e. The second-order valence-corrected chi connectivity index (χ2v) is 5.12. The van der Waals surface area contributed by atoms with Crippen LogP contribution in [-0.4, -0.2) is 15.7 Å². The predicted octanol–water partition coefficient (Wildman–Crippen LogP) is 2.12. The van der Waals surface area contributed by atoms with Crippen molar-refractivity contribution in [3.63, 3.8) is 0 Å². The van der Waals surface area contributed by atoms with Crippen LogP contribution in [0, 0.1) is 0 Å². The van der Waals surface area contributed by atoms with Gasteiger partial charge in [-0.25, -0.2) is 4.98 Å². The number of nitrogens with zero attached hydrogens (tertiary/aromatic N) is 1. The van der Waals surface area contributed by atoms with E-state index in [0.29, 0.717) is 23.0 Å². The van der Waals surface area contributed by atoms with Crippen molar-refractivity contribution in [3.05, 3.63) is 21.7 Å². The van der Waals surface area contributed by atoms with Gasteiger partial charge in [0.25, 0.3) is 5.56 Å². The van der Waals surface area contributed by atoms with Gasteiger partial charge in [-0.2, -0.15) is 11.8 Å². The smallest absolute Gasteiger partial charge is 0.256 e. The maximum absolute atomic E-state index is 11.8. The van der Waals surface area contributed by atoms with Gasteiger partial charge in [0.05, 0.1) is 11.3 Å². The first kappa shape index (κ1) is 13.1. The molecule has 0 aromatic carbocycles. The van der Waals surface area contributed by atoms with E-state index < -0.39 is 0 Å². The van der Waals surface area contributed by atoms with Crippen molar-refractivity contribution in [1.29, 1.82) is 0 Å². The quantitative estimate of drug-likeness (QED) is 0.775. The maximum atomic E-state index is 11.8. The van der Waals surface area contributed by atoms with Gasteiger partial charge in [0.1, 0.15) is 11.6 Å². The zero-order chi connectivity index (χ0) is 12.1. The number of aromatic amines is 1. The molecule has 0 aliphatic heterocycles. The van der Waals surface area contributed by atoms with E-state index in [1.54, 1.807) is 11.8 Å². The predicted molar refractivity (Wildman–Crippen MR) is 69.8 cm³/mol. The Morgan fingerprint density at radius 3 is 2.69 bits per heavy atom. The van der Waals surface area contributed by atoms with E-state index in [1.807, 2.05) is 13.8 Å². The highest BCUT2D eigenvalue weighted by atomic mass is 32.2. The number of anilines is 1. The van der Waals surface area contributed by atoms with Crippen molar-refractivity contribution in [2.24, 2.45) is 0 Å². The molecule has 1 rings (SSSR count). The molecule has 0 saturated heterocycles. The van der Waals surface area contributed by atoms with Crippen LogP contribution < -0.4 is 11.3 Å². The summed E-state index contributed by atoms with van der Waals surface area (Å²) in [6.07, 6.45) is 1.12. The van der Waals surface area contributed by atoms with Gasteiger partial charge in [-0.05, 0) is 18.1 Å². The van der Waals surface area contributed by atoms with Crippen molar-refractivity contribution >= 4 is 17.6 Å². The summed E-state index contributed by atoms with van der Waals surface area (Å²) in [5, 5.41) is 0. The topological polar surface area (TPSA) is 71.8 Å². The van der Waals surface area contributed by atoms with Gasteiger partial charge in [0.2, 0.25) is 0 Å². The number of H-pyrrole nitrogens is 1. The average molecular weight is 241 g/mol. The second-order valence-electron chi connectivity index (χ2n) is 4.02. The van der Waals surface area contributed by atoms with Crippen molar-refractivity contribution in [2.75, 3.05) is 11.5 Å². The normalized spacial score (nSPS) is 11.0. The highest BCUT2D eigenvalue weighted by molar-refractivity contribution is 7.98. The summed E-state index contributed by atoms with van der Waals surface area (Å²) >= 11 is 1.75. The number of hydrogen-bond acceptors (Lipinski definition) is 4. The average Bonchev–Trinajstić information content (AvgIpc) is 2.16. The molecule has 0 spiro atoms. The first-order chi connectivity index (χ1) is 7.56. The molecular weight excluding hydrogens is 222 g/mol. The summed E-state index contributed by atoms with van der Waals surface area (Å²) in [5.41, 5.74) is 6.27. The van der Waals surface area contributed by atoms with Crippen LogP contribution in [0.25, 0.3) is 0 Å². The van der Waals surface area contributed by atoms with Crippen molar-refractivity contribution in [1.82, 2.24) is 9.97 Å². The number of nitrogens with one attached hydrogen (secondary N) is 1. The molecule has 1 aromatic rings. The van der Waals surface area contributed by atoms with Crippen molar-refractivity contribution < 1.29 is 0 Å². The molecule has 0 saturated carbocycles. The SMILES string of the molecule is CCCSCc1nc(N)c(C(C)C)c(=O)[nH]1. The molecule has 1 aromatic heterocycles. The van der Waals surface area contributed by atoms with Crippen LogP contribution in [0.15, 0.2) is 4.79 Å². The number of thioether (sulfide) groups is 1. The van der Waals surface area contributed by atoms with Gasteiger partial charge in [-0.15, -0.1) is 0 Å². The minimum Gasteiger partial charge on any atom is -0.383 e. The van der Waals surface area contributed by atoms with E-state index in [1.165, 1.54) is 0 Å². The van der Waals surface area contributed by atoms with Crippen LogP contribution in [0.5, 0.6) is 0 Å². The Morgan fingerprint density at radius 2 is 2.19 bits per heavy atom. The molecule has 0 fully saturated rings. The third-order valence-electron chi connectivity index (χ3n) is 2.20. The Kier molecular flexibility index (Phi) is 4.86. The Bertz CT molecular complexity index is 401. The number of rotatable bonds is 5. The fourth-order valence-electron chi connectivity index (χ4n) is 1.49. The van der Waals surface area contributed by atoms with E-state index in [9.17, 15) is 4.79 Å². The lowest BCUT2D eigenvalue weighted by atomic mass is 10.1. The molecule has 0 radical (unpaired) electrons. The highest BCUT2D eigenvalue weighted by Crippen LogP contribution is 2.16. The summed E-state index contributed by atoms with van der Waals surface area (Å²) in [6, 6.07) is 0. The van der Waals surface area contributed by atoms with Gasteiger partial charge < -0.3 is 10.7 Å². The second kappa shape index (κ2) is 5.94. The van der Waals surface area contributed by atoms with Gasteiger partial charge in [-0.1, -0.05) is 20.8 Å². The van der Waals surface area contributed by atoms with Crippen LogP contribution in [0.2, 0.25) is 0 Å². The summed E-state index contributed by atoms with van der Waals surface area (Å²) in [7, 11) is 0. The molecule has 90 valence electrons. The third-order valence-corrected chi connectivity index (χ3v) is 3.37. The molecule has 0 atom stereocenters. The van der Waals surface area contributed by atoms with Gasteiger partial charge >= 0.3 is 0 Å². The van der Waals surface area contributed by atoms with Crippen LogP contribution in [0.3, 0.4) is 0 Å². The van der Waals surface area contributed by atoms with Crippen LogP contribution in [-0.2, 0) is 5.75 Å². The molecule has 16 heavy (non-hydrogen) atoms. The van der Waals surface area contributed by atoms with E-state index in [0.717, 1.165) is 12.2 Å². The van der Waals surface area contributed by atoms with Crippen molar-refractivity contribution in [3.8, 4) is 0 Å². The van der Waals surface area contributed by atoms with E-state index in [4.69, 9.17) is 5.73 Å². The number of aromatic nitrogens is 2. The standard InChI is InChI=1S/C11H19N3OS/c1-4-5-16-6-8-13-10(12)9(7(2)3)11(15)14-8/h7H,4-6H2,1-3H3,(H3,12,13,14,15). The van der Waals surface area contributed by atoms with Gasteiger partial charge in [-0.3, -0.25) is 4.79 Å². The number of nitrogens with two attached hydrogens (primary N) is 1. The van der Waals surface area contributed by atoms with Gasteiger partial charge in [0.15, 0.2) is 0 Å². The highest BCUT2D eigenvalue weighted by Gasteiger charge is 2.11. The summed E-state index contributed by atoms with van der Waals surface area (Å²) < 4.78 is 0. The monoisotopic (exact) mass is 241 g/mol. The molecule has 0 aliphatic carbocycles. The summed E-state index contributed by atoms with van der Waals surface area (Å²) in [5.74, 6) is 2.92. The number of nitrogen functional groups attached to an aromatic ring is 1. The molecular formula is C11H19N3OS. The third kappa shape index (κ3) is 3.27. The minimum absolute atomic E-state index is 0.102. The molecule has 4 nitrogen and oxygen atoms in total. The Balaban J connectivity index is 2.88. The molecule has 1 heterocycles. The molecule has 5 heteroatoms. The van der Waals surface area contributed by atoms with Crippen LogP contribution >= 0.6 is 11.8 Å². The van der Waals surface area contributed by atoms with E-state index in [-0.39, 0.29) is 11.5 Å². The van der Waals surface area contributed by atoms with Crippen LogP contribution in [0.1, 0.15) is 44.5 Å². The van der Waals surface area contributed by atoms with E-state index >= 15 is 0 Å². The molecule has 0 unspecified atom stereocenters. The van der Waals surface area contributed by atoms with Gasteiger partial charge in [0, 0.05) is 0 Å². The lowest BCUT2D eigenvalue weighted by molar-refractivity contribution is 0.824. The van der Waals surface area contributed by atoms with E-state index in [2.05, 4.69) is 16.9 Å². The number of hydrogen-bond donors (Lipinski definition) is 2. The Hall–Kier alpha value is -0.970. The lowest BCUT2D eigenvalue weighted by Crippen LogP contribution is -2.20. The molecule has 0 bridgehead atoms. The molecule has 3 N–H and O–H groups in total. The zero-order valence-electron chi connectivity index (χ0n) is 10.0. The van der Waals surface area contributed by atoms with Crippen molar-refractivity contribution in [2.45, 2.75) is 38.9 Å². The Labute approximate surface area is 100 Å². The Morgan fingerprint density at radius 1 is 1.50 bits per heavy atom. The first-order valence-electron chi connectivity index (χ1n) is 5.52.